The molecular weight excluding hydrogens is 250 g/mol. The van der Waals surface area contributed by atoms with Crippen LogP contribution >= 0.6 is 12.6 Å². The predicted octanol–water partition coefficient (Wildman–Crippen LogP) is 0.271. The van der Waals surface area contributed by atoms with E-state index in [0.29, 0.717) is 38.1 Å². The average Bonchev–Trinajstić information content (AvgIpc) is 2.32. The molecule has 0 aliphatic heterocycles. The molecule has 0 bridgehead atoms. The summed E-state index contributed by atoms with van der Waals surface area (Å²) in [5.41, 5.74) is 0. The van der Waals surface area contributed by atoms with Crippen LogP contribution in [0, 0.1) is 0 Å². The summed E-state index contributed by atoms with van der Waals surface area (Å²) < 4.78 is 0. The lowest BCUT2D eigenvalue weighted by atomic mass is 10.2. The summed E-state index contributed by atoms with van der Waals surface area (Å²) >= 11 is 4.00. The average molecular weight is 275 g/mol. The molecule has 0 aliphatic carbocycles. The van der Waals surface area contributed by atoms with Crippen molar-refractivity contribution in [2.24, 2.45) is 0 Å². The van der Waals surface area contributed by atoms with Crippen LogP contribution in [0.25, 0.3) is 0 Å². The van der Waals surface area contributed by atoms with Crippen LogP contribution in [0.4, 0.5) is 0 Å². The molecule has 2 N–H and O–H groups in total. The highest BCUT2D eigenvalue weighted by molar-refractivity contribution is 7.80. The van der Waals surface area contributed by atoms with Crippen molar-refractivity contribution in [2.45, 2.75) is 25.7 Å². The summed E-state index contributed by atoms with van der Waals surface area (Å²) in [5.74, 6) is 0.651. The Bertz CT molecular complexity index is 247. The molecule has 0 radical (unpaired) electrons. The molecule has 0 aromatic heterocycles. The van der Waals surface area contributed by atoms with Crippen LogP contribution in [0.5, 0.6) is 0 Å². The smallest absolute Gasteiger partial charge is 0.220 e. The first-order valence-corrected chi connectivity index (χ1v) is 6.98. The Labute approximate surface area is 115 Å². The fourth-order valence-corrected chi connectivity index (χ4v) is 1.52. The summed E-state index contributed by atoms with van der Waals surface area (Å²) in [6.07, 6.45) is 2.36. The maximum Gasteiger partial charge on any atom is 0.220 e. The molecule has 2 amide bonds. The van der Waals surface area contributed by atoms with E-state index in [1.807, 2.05) is 14.1 Å². The van der Waals surface area contributed by atoms with Crippen molar-refractivity contribution in [2.75, 3.05) is 39.5 Å². The van der Waals surface area contributed by atoms with Gasteiger partial charge in [0.2, 0.25) is 11.8 Å². The van der Waals surface area contributed by atoms with Gasteiger partial charge in [0.15, 0.2) is 0 Å². The first-order chi connectivity index (χ1) is 8.56. The van der Waals surface area contributed by atoms with Crippen LogP contribution < -0.4 is 10.6 Å². The molecule has 0 atom stereocenters. The van der Waals surface area contributed by atoms with E-state index < -0.39 is 0 Å². The third-order valence-electron chi connectivity index (χ3n) is 2.35. The molecular formula is C12H25N3O2S. The fourth-order valence-electron chi connectivity index (χ4n) is 1.40. The number of amides is 2. The van der Waals surface area contributed by atoms with E-state index in [2.05, 4.69) is 28.2 Å². The molecule has 0 aromatic rings. The Morgan fingerprint density at radius 1 is 1.00 bits per heavy atom. The monoisotopic (exact) mass is 275 g/mol. The largest absolute Gasteiger partial charge is 0.356 e. The molecule has 0 saturated carbocycles. The van der Waals surface area contributed by atoms with Gasteiger partial charge < -0.3 is 15.5 Å². The lowest BCUT2D eigenvalue weighted by molar-refractivity contribution is -0.122. The van der Waals surface area contributed by atoms with E-state index >= 15 is 0 Å². The van der Waals surface area contributed by atoms with Crippen molar-refractivity contribution in [3.63, 3.8) is 0 Å². The van der Waals surface area contributed by atoms with Crippen molar-refractivity contribution in [1.29, 1.82) is 0 Å². The first-order valence-electron chi connectivity index (χ1n) is 6.35. The van der Waals surface area contributed by atoms with Crippen LogP contribution in [0.3, 0.4) is 0 Å². The minimum Gasteiger partial charge on any atom is -0.356 e. The Kier molecular flexibility index (Phi) is 10.9. The molecule has 106 valence electrons. The van der Waals surface area contributed by atoms with E-state index in [4.69, 9.17) is 0 Å². The van der Waals surface area contributed by atoms with Gasteiger partial charge in [0, 0.05) is 31.7 Å². The molecule has 0 aliphatic rings. The number of carbonyl (C=O) groups is 2. The van der Waals surface area contributed by atoms with E-state index in [9.17, 15) is 9.59 Å². The Morgan fingerprint density at radius 3 is 2.06 bits per heavy atom. The Hall–Kier alpha value is -0.750. The van der Waals surface area contributed by atoms with E-state index in [0.717, 1.165) is 13.0 Å². The summed E-state index contributed by atoms with van der Waals surface area (Å²) in [6.45, 7) is 2.24. The Balaban J connectivity index is 3.39. The van der Waals surface area contributed by atoms with Crippen molar-refractivity contribution < 1.29 is 9.59 Å². The normalized spacial score (nSPS) is 10.4. The molecule has 0 unspecified atom stereocenters. The van der Waals surface area contributed by atoms with Gasteiger partial charge in [-0.2, -0.15) is 12.6 Å². The van der Waals surface area contributed by atoms with Gasteiger partial charge in [0.1, 0.15) is 0 Å². The summed E-state index contributed by atoms with van der Waals surface area (Å²) in [4.78, 5) is 24.7. The maximum absolute atomic E-state index is 11.4. The van der Waals surface area contributed by atoms with Crippen LogP contribution in [0.15, 0.2) is 0 Å². The molecule has 0 aromatic carbocycles. The van der Waals surface area contributed by atoms with Gasteiger partial charge in [-0.15, -0.1) is 0 Å². The van der Waals surface area contributed by atoms with Crippen LogP contribution in [-0.4, -0.2) is 56.2 Å². The fraction of sp³-hybridized carbons (Fsp3) is 0.833. The number of hydrogen-bond donors (Lipinski definition) is 3. The second-order valence-electron chi connectivity index (χ2n) is 4.43. The van der Waals surface area contributed by atoms with Gasteiger partial charge in [-0.3, -0.25) is 9.59 Å². The van der Waals surface area contributed by atoms with Gasteiger partial charge in [0.25, 0.3) is 0 Å². The lowest BCUT2D eigenvalue weighted by Crippen LogP contribution is -2.28. The van der Waals surface area contributed by atoms with Crippen LogP contribution in [0.2, 0.25) is 0 Å². The van der Waals surface area contributed by atoms with Gasteiger partial charge in [0.05, 0.1) is 0 Å². The number of carbonyl (C=O) groups excluding carboxylic acids is 2. The summed E-state index contributed by atoms with van der Waals surface area (Å²) in [5, 5.41) is 5.56. The second-order valence-corrected chi connectivity index (χ2v) is 4.88. The topological polar surface area (TPSA) is 61.4 Å². The number of nitrogens with one attached hydrogen (secondary N) is 2. The van der Waals surface area contributed by atoms with Crippen molar-refractivity contribution in [1.82, 2.24) is 15.5 Å². The SMILES string of the molecule is CN(C)CCCNC(=O)CCCC(=O)NCCS. The number of thiol groups is 1. The van der Waals surface area contributed by atoms with Crippen molar-refractivity contribution >= 4 is 24.4 Å². The maximum atomic E-state index is 11.4. The minimum absolute atomic E-state index is 0.00976. The molecule has 0 rings (SSSR count). The third kappa shape index (κ3) is 11.7. The second kappa shape index (κ2) is 11.3. The number of hydrogen-bond acceptors (Lipinski definition) is 4. The molecule has 5 nitrogen and oxygen atoms in total. The van der Waals surface area contributed by atoms with Crippen molar-refractivity contribution in [3.05, 3.63) is 0 Å². The van der Waals surface area contributed by atoms with Gasteiger partial charge in [-0.1, -0.05) is 0 Å². The molecule has 18 heavy (non-hydrogen) atoms. The molecule has 0 fully saturated rings. The zero-order valence-corrected chi connectivity index (χ0v) is 12.3. The summed E-state index contributed by atoms with van der Waals surface area (Å²) in [6, 6.07) is 0. The minimum atomic E-state index is -0.00976. The highest BCUT2D eigenvalue weighted by Crippen LogP contribution is 1.95. The highest BCUT2D eigenvalue weighted by Gasteiger charge is 2.04. The van der Waals surface area contributed by atoms with Gasteiger partial charge >= 0.3 is 0 Å². The van der Waals surface area contributed by atoms with E-state index in [-0.39, 0.29) is 11.8 Å². The summed E-state index contributed by atoms with van der Waals surface area (Å²) in [7, 11) is 4.01. The van der Waals surface area contributed by atoms with Crippen LogP contribution in [0.1, 0.15) is 25.7 Å². The first kappa shape index (κ1) is 17.2. The van der Waals surface area contributed by atoms with E-state index in [1.54, 1.807) is 0 Å². The molecule has 6 heteroatoms. The van der Waals surface area contributed by atoms with E-state index in [1.165, 1.54) is 0 Å². The lowest BCUT2D eigenvalue weighted by Gasteiger charge is -2.09. The van der Waals surface area contributed by atoms with Crippen molar-refractivity contribution in [3.8, 4) is 0 Å². The molecule has 0 spiro atoms. The molecule has 0 heterocycles. The number of nitrogens with zero attached hydrogens (tertiary/aromatic N) is 1. The number of rotatable bonds is 10. The quantitative estimate of drug-likeness (QED) is 0.396. The van der Waals surface area contributed by atoms with Gasteiger partial charge in [-0.05, 0) is 33.5 Å². The highest BCUT2D eigenvalue weighted by atomic mass is 32.1. The Morgan fingerprint density at radius 2 is 1.56 bits per heavy atom. The zero-order chi connectivity index (χ0) is 13.8. The zero-order valence-electron chi connectivity index (χ0n) is 11.4. The predicted molar refractivity (Wildman–Crippen MR) is 76.9 cm³/mol. The standard InChI is InChI=1S/C12H25N3O2S/c1-15(2)9-4-7-13-11(16)5-3-6-12(17)14-8-10-18/h18H,3-10H2,1-2H3,(H,13,16)(H,14,17). The van der Waals surface area contributed by atoms with Crippen LogP contribution in [-0.2, 0) is 9.59 Å². The molecule has 0 saturated heterocycles. The third-order valence-corrected chi connectivity index (χ3v) is 2.57. The van der Waals surface area contributed by atoms with Gasteiger partial charge in [-0.25, -0.2) is 0 Å².